The zero-order valence-corrected chi connectivity index (χ0v) is 6.15. The van der Waals surface area contributed by atoms with E-state index in [0.717, 1.165) is 6.20 Å². The molecule has 0 aliphatic heterocycles. The number of nitrogens with zero attached hydrogens (tertiary/aromatic N) is 2. The van der Waals surface area contributed by atoms with E-state index in [-0.39, 0.29) is 0 Å². The summed E-state index contributed by atoms with van der Waals surface area (Å²) < 4.78 is 24.1. The molecule has 0 saturated heterocycles. The molecule has 1 aromatic heterocycles. The summed E-state index contributed by atoms with van der Waals surface area (Å²) in [7, 11) is 0. The van der Waals surface area contributed by atoms with E-state index in [0.29, 0.717) is 6.07 Å². The van der Waals surface area contributed by atoms with Crippen molar-refractivity contribution in [2.75, 3.05) is 0 Å². The van der Waals surface area contributed by atoms with Gasteiger partial charge in [0.2, 0.25) is 0 Å². The van der Waals surface area contributed by atoms with Gasteiger partial charge in [-0.1, -0.05) is 0 Å². The van der Waals surface area contributed by atoms with Gasteiger partial charge in [-0.25, -0.2) is 13.8 Å². The van der Waals surface area contributed by atoms with E-state index < -0.39 is 28.5 Å². The summed E-state index contributed by atoms with van der Waals surface area (Å²) in [5.74, 6) is -0.517. The molecule has 70 valence electrons. The van der Waals surface area contributed by atoms with E-state index in [9.17, 15) is 18.9 Å². The van der Waals surface area contributed by atoms with Crippen LogP contribution in [0.15, 0.2) is 12.3 Å². The fourth-order valence-corrected chi connectivity index (χ4v) is 0.767. The highest BCUT2D eigenvalue weighted by molar-refractivity contribution is 5.40. The SMILES string of the molecule is O=[N+]([O-])c1cc(O)cnc1C(F)F. The van der Waals surface area contributed by atoms with Gasteiger partial charge >= 0.3 is 0 Å². The van der Waals surface area contributed by atoms with Crippen LogP contribution in [0.5, 0.6) is 5.75 Å². The third-order valence-corrected chi connectivity index (χ3v) is 1.29. The van der Waals surface area contributed by atoms with Crippen LogP contribution in [-0.4, -0.2) is 15.0 Å². The second kappa shape index (κ2) is 3.30. The van der Waals surface area contributed by atoms with Crippen LogP contribution >= 0.6 is 0 Å². The first-order chi connectivity index (χ1) is 6.02. The lowest BCUT2D eigenvalue weighted by molar-refractivity contribution is -0.386. The molecule has 13 heavy (non-hydrogen) atoms. The Bertz CT molecular complexity index is 343. The number of hydrogen-bond donors (Lipinski definition) is 1. The minimum Gasteiger partial charge on any atom is -0.506 e. The summed E-state index contributed by atoms with van der Waals surface area (Å²) in [5.41, 5.74) is -1.82. The molecule has 7 heteroatoms. The van der Waals surface area contributed by atoms with E-state index in [1.165, 1.54) is 0 Å². The Morgan fingerprint density at radius 3 is 2.69 bits per heavy atom. The third-order valence-electron chi connectivity index (χ3n) is 1.29. The van der Waals surface area contributed by atoms with Crippen molar-refractivity contribution in [3.05, 3.63) is 28.1 Å². The predicted octanol–water partition coefficient (Wildman–Crippen LogP) is 1.63. The van der Waals surface area contributed by atoms with Crippen molar-refractivity contribution >= 4 is 5.69 Å². The van der Waals surface area contributed by atoms with E-state index in [1.807, 2.05) is 0 Å². The van der Waals surface area contributed by atoms with Crippen molar-refractivity contribution in [3.63, 3.8) is 0 Å². The molecule has 0 spiro atoms. The van der Waals surface area contributed by atoms with Crippen LogP contribution < -0.4 is 0 Å². The maximum atomic E-state index is 12.1. The van der Waals surface area contributed by atoms with E-state index >= 15 is 0 Å². The molecule has 0 unspecified atom stereocenters. The number of aromatic hydroxyl groups is 1. The minimum absolute atomic E-state index is 0.517. The Hall–Kier alpha value is -1.79. The van der Waals surface area contributed by atoms with Gasteiger partial charge in [-0.3, -0.25) is 10.1 Å². The van der Waals surface area contributed by atoms with Gasteiger partial charge in [0, 0.05) is 0 Å². The van der Waals surface area contributed by atoms with E-state index in [4.69, 9.17) is 5.11 Å². The van der Waals surface area contributed by atoms with Crippen LogP contribution in [-0.2, 0) is 0 Å². The highest BCUT2D eigenvalue weighted by Gasteiger charge is 2.23. The van der Waals surface area contributed by atoms with Gasteiger partial charge in [-0.05, 0) is 0 Å². The van der Waals surface area contributed by atoms with Gasteiger partial charge in [0.1, 0.15) is 5.75 Å². The molecule has 5 nitrogen and oxygen atoms in total. The molecule has 1 N–H and O–H groups in total. The van der Waals surface area contributed by atoms with Crippen LogP contribution in [0.25, 0.3) is 0 Å². The Kier molecular flexibility index (Phi) is 2.36. The van der Waals surface area contributed by atoms with Crippen molar-refractivity contribution in [2.24, 2.45) is 0 Å². The lowest BCUT2D eigenvalue weighted by Crippen LogP contribution is -1.98. The summed E-state index contributed by atoms with van der Waals surface area (Å²) >= 11 is 0. The minimum atomic E-state index is -3.03. The fourth-order valence-electron chi connectivity index (χ4n) is 0.767. The van der Waals surface area contributed by atoms with Crippen molar-refractivity contribution < 1.29 is 18.8 Å². The van der Waals surface area contributed by atoms with E-state index in [1.54, 1.807) is 0 Å². The predicted molar refractivity (Wildman–Crippen MR) is 37.5 cm³/mol. The molecule has 0 bridgehead atoms. The quantitative estimate of drug-likeness (QED) is 0.567. The van der Waals surface area contributed by atoms with Crippen molar-refractivity contribution in [1.29, 1.82) is 0 Å². The number of aromatic nitrogens is 1. The average molecular weight is 190 g/mol. The maximum Gasteiger partial charge on any atom is 0.300 e. The van der Waals surface area contributed by atoms with Gasteiger partial charge in [0.25, 0.3) is 12.1 Å². The number of alkyl halides is 2. The Morgan fingerprint density at radius 1 is 1.62 bits per heavy atom. The fraction of sp³-hybridized carbons (Fsp3) is 0.167. The molecular weight excluding hydrogens is 186 g/mol. The number of halogens is 2. The third kappa shape index (κ3) is 1.86. The lowest BCUT2D eigenvalue weighted by atomic mass is 10.3. The maximum absolute atomic E-state index is 12.1. The van der Waals surface area contributed by atoms with Gasteiger partial charge in [-0.2, -0.15) is 0 Å². The highest BCUT2D eigenvalue weighted by Crippen LogP contribution is 2.28. The molecule has 0 aromatic carbocycles. The first-order valence-electron chi connectivity index (χ1n) is 3.14. The summed E-state index contributed by atoms with van der Waals surface area (Å²) in [4.78, 5) is 12.2. The van der Waals surface area contributed by atoms with Gasteiger partial charge in [0.15, 0.2) is 5.69 Å². The zero-order chi connectivity index (χ0) is 10.0. The first kappa shape index (κ1) is 9.30. The topological polar surface area (TPSA) is 76.3 Å². The summed E-state index contributed by atoms with van der Waals surface area (Å²) in [6.45, 7) is 0. The number of hydrogen-bond acceptors (Lipinski definition) is 4. The monoisotopic (exact) mass is 190 g/mol. The highest BCUT2D eigenvalue weighted by atomic mass is 19.3. The molecule has 0 saturated carbocycles. The molecular formula is C6H4F2N2O3. The Labute approximate surface area is 70.8 Å². The molecule has 0 atom stereocenters. The van der Waals surface area contributed by atoms with Gasteiger partial charge < -0.3 is 5.11 Å². The zero-order valence-electron chi connectivity index (χ0n) is 6.15. The second-order valence-corrected chi connectivity index (χ2v) is 2.16. The second-order valence-electron chi connectivity index (χ2n) is 2.16. The molecule has 1 heterocycles. The number of nitro groups is 1. The molecule has 0 aliphatic carbocycles. The summed E-state index contributed by atoms with van der Waals surface area (Å²) in [5, 5.41) is 19.0. The summed E-state index contributed by atoms with van der Waals surface area (Å²) in [6, 6.07) is 0.633. The Balaban J connectivity index is 3.27. The average Bonchev–Trinajstić information content (AvgIpc) is 2.03. The number of pyridine rings is 1. The van der Waals surface area contributed by atoms with Crippen LogP contribution in [0.4, 0.5) is 14.5 Å². The molecule has 0 radical (unpaired) electrons. The largest absolute Gasteiger partial charge is 0.506 e. The molecule has 0 fully saturated rings. The van der Waals surface area contributed by atoms with Gasteiger partial charge in [-0.15, -0.1) is 0 Å². The number of rotatable bonds is 2. The molecule has 0 aliphatic rings. The first-order valence-corrected chi connectivity index (χ1v) is 3.14. The van der Waals surface area contributed by atoms with Crippen LogP contribution in [0.3, 0.4) is 0 Å². The normalized spacial score (nSPS) is 10.4. The van der Waals surface area contributed by atoms with E-state index in [2.05, 4.69) is 4.98 Å². The molecule has 1 rings (SSSR count). The smallest absolute Gasteiger partial charge is 0.300 e. The summed E-state index contributed by atoms with van der Waals surface area (Å²) in [6.07, 6.45) is -2.30. The molecule has 1 aromatic rings. The van der Waals surface area contributed by atoms with Crippen molar-refractivity contribution in [2.45, 2.75) is 6.43 Å². The van der Waals surface area contributed by atoms with Gasteiger partial charge in [0.05, 0.1) is 17.2 Å². The Morgan fingerprint density at radius 2 is 2.23 bits per heavy atom. The van der Waals surface area contributed by atoms with Crippen LogP contribution in [0.1, 0.15) is 12.1 Å². The van der Waals surface area contributed by atoms with Crippen LogP contribution in [0.2, 0.25) is 0 Å². The molecule has 0 amide bonds. The van der Waals surface area contributed by atoms with Crippen LogP contribution in [0, 0.1) is 10.1 Å². The van der Waals surface area contributed by atoms with Crippen molar-refractivity contribution in [1.82, 2.24) is 4.98 Å². The lowest BCUT2D eigenvalue weighted by Gasteiger charge is -1.99. The van der Waals surface area contributed by atoms with Crippen molar-refractivity contribution in [3.8, 4) is 5.75 Å². The standard InChI is InChI=1S/C6H4F2N2O3/c7-6(8)5-4(10(12)13)1-3(11)2-9-5/h1-2,6,11H.